The third-order valence-electron chi connectivity index (χ3n) is 3.93. The fraction of sp³-hybridized carbons (Fsp3) is 0.111. The van der Waals surface area contributed by atoms with Crippen LogP contribution in [0, 0.1) is 0 Å². The van der Waals surface area contributed by atoms with Gasteiger partial charge in [0, 0.05) is 22.2 Å². The lowest BCUT2D eigenvalue weighted by Crippen LogP contribution is -2.41. The van der Waals surface area contributed by atoms with Gasteiger partial charge in [-0.15, -0.1) is 0 Å². The Kier molecular flexibility index (Phi) is 8.01. The summed E-state index contributed by atoms with van der Waals surface area (Å²) in [6.45, 7) is 5.14. The second-order valence-corrected chi connectivity index (χ2v) is 11.1. The molecule has 2 rings (SSSR count). The molecular formula is C18H22N6O4S4. The topological polar surface area (TPSA) is 168 Å². The number of nitrogens with one attached hydrogen (secondary N) is 4. The SMILES string of the molecule is C=C(CS(=O)(=O)c1cccc2c(S(=O)(=O)C=C(C)NNC(N)=S)cccc12)NNC(N)=S. The number of allylic oxidation sites excluding steroid dienone is 1. The molecule has 0 aliphatic carbocycles. The standard InChI is InChI=1S/C18H22N6O4S4/c1-11(21-23-17(19)29)9-31(25,26)15-7-3-6-14-13(15)5-4-8-16(14)32(27,28)10-12(2)22-24-18(20)30/h3-8,10,21-22H,1,9H2,2H3,(H3,19,23,29)(H3,20,24,30). The Hall–Kier alpha value is -2.94. The first kappa shape index (κ1) is 25.3. The largest absolute Gasteiger partial charge is 0.375 e. The number of nitrogens with two attached hydrogens (primary N) is 2. The van der Waals surface area contributed by atoms with Gasteiger partial charge in [0.2, 0.25) is 9.84 Å². The van der Waals surface area contributed by atoms with E-state index in [1.807, 2.05) is 0 Å². The smallest absolute Gasteiger partial charge is 0.202 e. The maximum absolute atomic E-state index is 13.0. The van der Waals surface area contributed by atoms with Gasteiger partial charge >= 0.3 is 0 Å². The summed E-state index contributed by atoms with van der Waals surface area (Å²) in [6, 6.07) is 8.81. The third kappa shape index (κ3) is 6.53. The van der Waals surface area contributed by atoms with Crippen LogP contribution in [0.5, 0.6) is 0 Å². The van der Waals surface area contributed by atoms with E-state index < -0.39 is 25.4 Å². The maximum atomic E-state index is 13.0. The Balaban J connectivity index is 2.49. The van der Waals surface area contributed by atoms with Crippen LogP contribution in [0.2, 0.25) is 0 Å². The highest BCUT2D eigenvalue weighted by Crippen LogP contribution is 2.30. The van der Waals surface area contributed by atoms with E-state index in [0.29, 0.717) is 0 Å². The zero-order chi connectivity index (χ0) is 24.1. The van der Waals surface area contributed by atoms with Gasteiger partial charge in [-0.2, -0.15) is 0 Å². The molecule has 8 N–H and O–H groups in total. The van der Waals surface area contributed by atoms with Gasteiger partial charge in [0.15, 0.2) is 20.1 Å². The summed E-state index contributed by atoms with van der Waals surface area (Å²) in [5.41, 5.74) is 20.9. The quantitative estimate of drug-likeness (QED) is 0.202. The van der Waals surface area contributed by atoms with Crippen LogP contribution in [-0.4, -0.2) is 32.8 Å². The normalized spacial score (nSPS) is 12.1. The van der Waals surface area contributed by atoms with Gasteiger partial charge in [-0.25, -0.2) is 16.8 Å². The minimum absolute atomic E-state index is 0.0423. The highest BCUT2D eigenvalue weighted by molar-refractivity contribution is 7.94. The Bertz CT molecular complexity index is 1320. The van der Waals surface area contributed by atoms with E-state index in [9.17, 15) is 16.8 Å². The summed E-state index contributed by atoms with van der Waals surface area (Å²) in [5.74, 6) is -0.466. The van der Waals surface area contributed by atoms with Crippen molar-refractivity contribution in [2.45, 2.75) is 16.7 Å². The van der Waals surface area contributed by atoms with Crippen molar-refractivity contribution < 1.29 is 16.8 Å². The fourth-order valence-corrected chi connectivity index (χ4v) is 5.74. The average molecular weight is 515 g/mol. The summed E-state index contributed by atoms with van der Waals surface area (Å²) >= 11 is 9.31. The van der Waals surface area contributed by atoms with Crippen LogP contribution in [0.3, 0.4) is 0 Å². The lowest BCUT2D eigenvalue weighted by Gasteiger charge is -2.14. The molecule has 172 valence electrons. The lowest BCUT2D eigenvalue weighted by atomic mass is 10.1. The van der Waals surface area contributed by atoms with Crippen LogP contribution < -0.4 is 33.2 Å². The molecule has 0 fully saturated rings. The van der Waals surface area contributed by atoms with E-state index >= 15 is 0 Å². The molecule has 2 aromatic rings. The molecule has 0 aliphatic heterocycles. The summed E-state index contributed by atoms with van der Waals surface area (Å²) < 4.78 is 51.9. The Morgan fingerprint density at radius 1 is 0.906 bits per heavy atom. The van der Waals surface area contributed by atoms with Crippen molar-refractivity contribution in [3.05, 3.63) is 59.8 Å². The summed E-state index contributed by atoms with van der Waals surface area (Å²) in [5, 5.41) is 1.35. The highest BCUT2D eigenvalue weighted by Gasteiger charge is 2.22. The van der Waals surface area contributed by atoms with Crippen LogP contribution in [0.25, 0.3) is 10.8 Å². The first-order valence-corrected chi connectivity index (χ1v) is 12.8. The fourth-order valence-electron chi connectivity index (χ4n) is 2.75. The molecule has 2 aromatic carbocycles. The van der Waals surface area contributed by atoms with Crippen molar-refractivity contribution in [3.8, 4) is 0 Å². The second kappa shape index (κ2) is 10.1. The first-order valence-electron chi connectivity index (χ1n) is 8.82. The van der Waals surface area contributed by atoms with Crippen LogP contribution in [0.15, 0.2) is 69.6 Å². The van der Waals surface area contributed by atoms with E-state index in [0.717, 1.165) is 5.41 Å². The van der Waals surface area contributed by atoms with Gasteiger partial charge in [0.1, 0.15) is 0 Å². The van der Waals surface area contributed by atoms with Gasteiger partial charge < -0.3 is 22.3 Å². The van der Waals surface area contributed by atoms with Crippen molar-refractivity contribution in [1.29, 1.82) is 0 Å². The van der Waals surface area contributed by atoms with Crippen molar-refractivity contribution in [1.82, 2.24) is 21.7 Å². The van der Waals surface area contributed by atoms with Crippen LogP contribution >= 0.6 is 24.4 Å². The minimum atomic E-state index is -3.95. The van der Waals surface area contributed by atoms with Gasteiger partial charge in [-0.3, -0.25) is 10.9 Å². The predicted molar refractivity (Wildman–Crippen MR) is 132 cm³/mol. The van der Waals surface area contributed by atoms with E-state index in [1.165, 1.54) is 43.3 Å². The number of rotatable bonds is 9. The van der Waals surface area contributed by atoms with Gasteiger partial charge in [0.05, 0.1) is 21.0 Å². The molecule has 0 amide bonds. The molecule has 0 aliphatic rings. The number of benzene rings is 2. The van der Waals surface area contributed by atoms with E-state index in [1.54, 1.807) is 0 Å². The maximum Gasteiger partial charge on any atom is 0.202 e. The number of sulfone groups is 2. The van der Waals surface area contributed by atoms with Crippen molar-refractivity contribution in [2.75, 3.05) is 5.75 Å². The first-order chi connectivity index (χ1) is 14.8. The molecule has 0 heterocycles. The lowest BCUT2D eigenvalue weighted by molar-refractivity contribution is 0.596. The van der Waals surface area contributed by atoms with Crippen LogP contribution in [-0.2, 0) is 19.7 Å². The molecule has 0 aromatic heterocycles. The molecule has 0 saturated heterocycles. The summed E-state index contributed by atoms with van der Waals surface area (Å²) in [6.07, 6.45) is 0. The van der Waals surface area contributed by atoms with E-state index in [-0.39, 0.29) is 42.2 Å². The molecular weight excluding hydrogens is 493 g/mol. The third-order valence-corrected chi connectivity index (χ3v) is 7.52. The molecule has 14 heteroatoms. The van der Waals surface area contributed by atoms with E-state index in [4.69, 9.17) is 11.5 Å². The van der Waals surface area contributed by atoms with Gasteiger partial charge in [-0.1, -0.05) is 30.8 Å². The molecule has 32 heavy (non-hydrogen) atoms. The molecule has 0 bridgehead atoms. The summed E-state index contributed by atoms with van der Waals surface area (Å²) in [4.78, 5) is -0.102. The molecule has 0 unspecified atom stereocenters. The zero-order valence-electron chi connectivity index (χ0n) is 16.9. The predicted octanol–water partition coefficient (Wildman–Crippen LogP) is 0.438. The minimum Gasteiger partial charge on any atom is -0.375 e. The number of hydrogen-bond donors (Lipinski definition) is 6. The molecule has 10 nitrogen and oxygen atoms in total. The summed E-state index contributed by atoms with van der Waals surface area (Å²) in [7, 11) is -7.83. The van der Waals surface area contributed by atoms with Gasteiger partial charge in [0.25, 0.3) is 0 Å². The Morgan fingerprint density at radius 2 is 1.41 bits per heavy atom. The zero-order valence-corrected chi connectivity index (χ0v) is 20.1. The van der Waals surface area contributed by atoms with Crippen molar-refractivity contribution in [3.63, 3.8) is 0 Å². The monoisotopic (exact) mass is 514 g/mol. The van der Waals surface area contributed by atoms with Crippen molar-refractivity contribution >= 4 is 65.1 Å². The number of fused-ring (bicyclic) bond motifs is 1. The van der Waals surface area contributed by atoms with E-state index in [2.05, 4.69) is 52.7 Å². The Labute approximate surface area is 196 Å². The Morgan fingerprint density at radius 3 is 1.97 bits per heavy atom. The highest BCUT2D eigenvalue weighted by atomic mass is 32.2. The van der Waals surface area contributed by atoms with Crippen LogP contribution in [0.4, 0.5) is 0 Å². The molecule has 0 spiro atoms. The molecule has 0 radical (unpaired) electrons. The second-order valence-electron chi connectivity index (χ2n) is 6.54. The number of hydrogen-bond acceptors (Lipinski definition) is 8. The van der Waals surface area contributed by atoms with Crippen LogP contribution in [0.1, 0.15) is 6.92 Å². The van der Waals surface area contributed by atoms with Crippen molar-refractivity contribution in [2.24, 2.45) is 11.5 Å². The molecule has 0 atom stereocenters. The van der Waals surface area contributed by atoms with Gasteiger partial charge in [-0.05, 0) is 43.5 Å². The number of thiocarbonyl (C=S) groups is 2. The molecule has 0 saturated carbocycles. The number of hydrazine groups is 2. The average Bonchev–Trinajstić information content (AvgIpc) is 2.69.